The first-order chi connectivity index (χ1) is 19.2. The molecule has 0 spiro atoms. The molecule has 11 heteroatoms. The number of anilines is 1. The third kappa shape index (κ3) is 6.68. The number of hydrogen-bond acceptors (Lipinski definition) is 8. The van der Waals surface area contributed by atoms with Gasteiger partial charge in [0.2, 0.25) is 0 Å². The number of fused-ring (bicyclic) bond motifs is 1. The van der Waals surface area contributed by atoms with E-state index in [-0.39, 0.29) is 5.92 Å². The van der Waals surface area contributed by atoms with Gasteiger partial charge in [0, 0.05) is 68.7 Å². The van der Waals surface area contributed by atoms with Crippen LogP contribution in [0.5, 0.6) is 0 Å². The van der Waals surface area contributed by atoms with E-state index in [4.69, 9.17) is 26.3 Å². The van der Waals surface area contributed by atoms with E-state index in [0.29, 0.717) is 23.8 Å². The largest absolute Gasteiger partial charge is 0.444 e. The molecule has 1 aliphatic rings. The molecule has 1 amide bonds. The molecule has 40 heavy (non-hydrogen) atoms. The van der Waals surface area contributed by atoms with Gasteiger partial charge in [-0.25, -0.2) is 24.7 Å². The van der Waals surface area contributed by atoms with E-state index >= 15 is 0 Å². The predicted molar refractivity (Wildman–Crippen MR) is 156 cm³/mol. The summed E-state index contributed by atoms with van der Waals surface area (Å²) in [5, 5.41) is 3.52. The zero-order valence-electron chi connectivity index (χ0n) is 23.3. The van der Waals surface area contributed by atoms with Crippen molar-refractivity contribution in [3.63, 3.8) is 0 Å². The van der Waals surface area contributed by atoms with Crippen LogP contribution in [-0.2, 0) is 11.2 Å². The number of amides is 1. The number of hydrogen-bond donors (Lipinski definition) is 1. The van der Waals surface area contributed by atoms with Crippen LogP contribution in [0.4, 0.5) is 10.6 Å². The molecule has 0 bridgehead atoms. The summed E-state index contributed by atoms with van der Waals surface area (Å²) in [7, 11) is 2.14. The van der Waals surface area contributed by atoms with Gasteiger partial charge in [-0.3, -0.25) is 4.40 Å². The van der Waals surface area contributed by atoms with Gasteiger partial charge in [0.25, 0.3) is 0 Å². The summed E-state index contributed by atoms with van der Waals surface area (Å²) in [5.41, 5.74) is 2.83. The molecule has 1 atom stereocenters. The summed E-state index contributed by atoms with van der Waals surface area (Å²) < 4.78 is 7.47. The van der Waals surface area contributed by atoms with E-state index in [2.05, 4.69) is 32.1 Å². The first kappa shape index (κ1) is 27.8. The van der Waals surface area contributed by atoms with E-state index in [1.807, 2.05) is 74.1 Å². The van der Waals surface area contributed by atoms with E-state index in [9.17, 15) is 4.79 Å². The van der Waals surface area contributed by atoms with Crippen LogP contribution in [0.25, 0.3) is 17.0 Å². The molecule has 0 radical (unpaired) electrons. The van der Waals surface area contributed by atoms with Crippen molar-refractivity contribution in [3.8, 4) is 11.4 Å². The summed E-state index contributed by atoms with van der Waals surface area (Å²) in [6.45, 7) is 9.65. The summed E-state index contributed by atoms with van der Waals surface area (Å²) in [4.78, 5) is 35.8. The van der Waals surface area contributed by atoms with Gasteiger partial charge in [0.05, 0.1) is 17.6 Å². The highest BCUT2D eigenvalue weighted by Gasteiger charge is 2.22. The summed E-state index contributed by atoms with van der Waals surface area (Å²) in [6.07, 6.45) is 7.35. The van der Waals surface area contributed by atoms with Crippen molar-refractivity contribution < 1.29 is 9.53 Å². The lowest BCUT2D eigenvalue weighted by atomic mass is 9.95. The number of ether oxygens (including phenoxy) is 1. The monoisotopic (exact) mass is 562 g/mol. The molecule has 3 aromatic heterocycles. The van der Waals surface area contributed by atoms with Crippen LogP contribution in [0.1, 0.15) is 38.1 Å². The van der Waals surface area contributed by atoms with Gasteiger partial charge in [-0.05, 0) is 51.6 Å². The lowest BCUT2D eigenvalue weighted by Crippen LogP contribution is -2.45. The first-order valence-corrected chi connectivity index (χ1v) is 13.8. The zero-order valence-corrected chi connectivity index (χ0v) is 24.1. The molecule has 10 nitrogen and oxygen atoms in total. The molecular formula is C29H35ClN8O2. The number of carbonyl (C=O) groups is 1. The third-order valence-corrected chi connectivity index (χ3v) is 7.06. The molecule has 4 aromatic rings. The number of alkyl carbamates (subject to hydrolysis) is 1. The molecule has 1 N–H and O–H groups in total. The van der Waals surface area contributed by atoms with Gasteiger partial charge in [-0.1, -0.05) is 23.7 Å². The number of nitrogens with one attached hydrogen (secondary N) is 1. The van der Waals surface area contributed by atoms with Crippen molar-refractivity contribution in [1.82, 2.24) is 34.6 Å². The Morgan fingerprint density at radius 3 is 2.65 bits per heavy atom. The molecule has 1 saturated heterocycles. The topological polar surface area (TPSA) is 101 Å². The Morgan fingerprint density at radius 1 is 1.10 bits per heavy atom. The fourth-order valence-electron chi connectivity index (χ4n) is 4.79. The van der Waals surface area contributed by atoms with E-state index in [0.717, 1.165) is 54.6 Å². The molecule has 0 aliphatic carbocycles. The third-order valence-electron chi connectivity index (χ3n) is 6.82. The molecule has 1 aliphatic heterocycles. The molecule has 1 unspecified atom stereocenters. The maximum atomic E-state index is 12.4. The second kappa shape index (κ2) is 11.8. The average Bonchev–Trinajstić information content (AvgIpc) is 3.35. The van der Waals surface area contributed by atoms with E-state index in [1.165, 1.54) is 0 Å². The Labute approximate surface area is 239 Å². The van der Waals surface area contributed by atoms with Crippen molar-refractivity contribution in [3.05, 3.63) is 71.5 Å². The molecular weight excluding hydrogens is 528 g/mol. The number of nitrogens with zero attached hydrogens (tertiary/aromatic N) is 7. The highest BCUT2D eigenvalue weighted by Crippen LogP contribution is 2.26. The molecule has 0 saturated carbocycles. The van der Waals surface area contributed by atoms with Crippen LogP contribution in [0.2, 0.25) is 5.02 Å². The number of piperazine rings is 1. The van der Waals surface area contributed by atoms with Crippen molar-refractivity contribution in [2.45, 2.75) is 38.7 Å². The Hall–Kier alpha value is -3.76. The number of benzene rings is 1. The highest BCUT2D eigenvalue weighted by molar-refractivity contribution is 6.30. The SMILES string of the molecule is CN1CCN(c2nccn3c(-c4ccnc(CC(CNC(=O)OC(C)(C)C)c5cccc(Cl)c5)n4)cnc23)CC1. The van der Waals surface area contributed by atoms with Crippen LogP contribution >= 0.6 is 11.6 Å². The Morgan fingerprint density at radius 2 is 1.90 bits per heavy atom. The molecule has 210 valence electrons. The van der Waals surface area contributed by atoms with E-state index < -0.39 is 11.7 Å². The average molecular weight is 563 g/mol. The van der Waals surface area contributed by atoms with Crippen molar-refractivity contribution in [1.29, 1.82) is 0 Å². The fourth-order valence-corrected chi connectivity index (χ4v) is 4.98. The first-order valence-electron chi connectivity index (χ1n) is 13.5. The van der Waals surface area contributed by atoms with Gasteiger partial charge in [0.15, 0.2) is 11.5 Å². The van der Waals surface area contributed by atoms with Gasteiger partial charge >= 0.3 is 6.09 Å². The quantitative estimate of drug-likeness (QED) is 0.353. The number of carbonyl (C=O) groups excluding carboxylic acids is 1. The number of rotatable bonds is 7. The number of halogens is 1. The molecule has 1 aromatic carbocycles. The lowest BCUT2D eigenvalue weighted by Gasteiger charge is -2.33. The summed E-state index contributed by atoms with van der Waals surface area (Å²) >= 11 is 6.30. The number of likely N-dealkylation sites (N-methyl/N-ethyl adjacent to an activating group) is 1. The van der Waals surface area contributed by atoms with Gasteiger partial charge < -0.3 is 19.9 Å². The minimum absolute atomic E-state index is 0.114. The normalized spacial score (nSPS) is 15.3. The van der Waals surface area contributed by atoms with Crippen molar-refractivity contribution in [2.24, 2.45) is 0 Å². The van der Waals surface area contributed by atoms with Crippen LogP contribution in [0.15, 0.2) is 55.1 Å². The van der Waals surface area contributed by atoms with Gasteiger partial charge in [-0.15, -0.1) is 0 Å². The number of imidazole rings is 1. The molecule has 4 heterocycles. The van der Waals surface area contributed by atoms with Gasteiger partial charge in [0.1, 0.15) is 11.4 Å². The van der Waals surface area contributed by atoms with Crippen LogP contribution in [0.3, 0.4) is 0 Å². The van der Waals surface area contributed by atoms with Crippen LogP contribution in [0, 0.1) is 0 Å². The second-order valence-electron chi connectivity index (χ2n) is 11.1. The Balaban J connectivity index is 1.39. The molecule has 5 rings (SSSR count). The Kier molecular flexibility index (Phi) is 8.18. The minimum Gasteiger partial charge on any atom is -0.444 e. The summed E-state index contributed by atoms with van der Waals surface area (Å²) in [5.74, 6) is 1.42. The highest BCUT2D eigenvalue weighted by atomic mass is 35.5. The summed E-state index contributed by atoms with van der Waals surface area (Å²) in [6, 6.07) is 9.52. The Bertz CT molecular complexity index is 1480. The van der Waals surface area contributed by atoms with Crippen molar-refractivity contribution in [2.75, 3.05) is 44.7 Å². The zero-order chi connectivity index (χ0) is 28.3. The molecule has 1 fully saturated rings. The lowest BCUT2D eigenvalue weighted by molar-refractivity contribution is 0.0524. The van der Waals surface area contributed by atoms with Crippen molar-refractivity contribution >= 4 is 29.2 Å². The minimum atomic E-state index is -0.583. The van der Waals surface area contributed by atoms with Gasteiger partial charge in [-0.2, -0.15) is 0 Å². The second-order valence-corrected chi connectivity index (χ2v) is 11.5. The predicted octanol–water partition coefficient (Wildman–Crippen LogP) is 4.44. The van der Waals surface area contributed by atoms with Crippen LogP contribution < -0.4 is 10.2 Å². The fraction of sp³-hybridized carbons (Fsp3) is 0.414. The standard InChI is InChI=1S/C29H35ClN8O2/c1-29(2,3)40-28(39)34-18-21(20-6-5-7-22(30)16-20)17-25-31-9-8-23(35-25)24-19-33-27-26(32-10-11-38(24)27)37-14-12-36(4)13-15-37/h5-11,16,19,21H,12-15,17-18H2,1-4H3,(H,34,39). The maximum absolute atomic E-state index is 12.4. The van der Waals surface area contributed by atoms with E-state index in [1.54, 1.807) is 6.20 Å². The van der Waals surface area contributed by atoms with Crippen LogP contribution in [-0.4, -0.2) is 80.7 Å². The smallest absolute Gasteiger partial charge is 0.407 e. The maximum Gasteiger partial charge on any atom is 0.407 e. The number of aromatic nitrogens is 5.